The van der Waals surface area contributed by atoms with Crippen LogP contribution in [0, 0.1) is 64.6 Å². The summed E-state index contributed by atoms with van der Waals surface area (Å²) < 4.78 is 0. The fraction of sp³-hybridized carbons (Fsp3) is 0.917. The van der Waals surface area contributed by atoms with Gasteiger partial charge in [0.1, 0.15) is 0 Å². The van der Waals surface area contributed by atoms with Crippen LogP contribution < -0.4 is 0 Å². The van der Waals surface area contributed by atoms with Crippen molar-refractivity contribution in [1.82, 2.24) is 0 Å². The van der Waals surface area contributed by atoms with Crippen molar-refractivity contribution in [2.45, 2.75) is 85.5 Å². The molecule has 25 heavy (non-hydrogen) atoms. The molecule has 8 fully saturated rings. The van der Waals surface area contributed by atoms with Crippen LogP contribution in [0.15, 0.2) is 0 Å². The summed E-state index contributed by atoms with van der Waals surface area (Å²) in [5.74, 6) is 9.42. The Balaban J connectivity index is 0.000000121. The van der Waals surface area contributed by atoms with Crippen molar-refractivity contribution in [2.24, 2.45) is 52.3 Å². The summed E-state index contributed by atoms with van der Waals surface area (Å²) in [6, 6.07) is 0. The van der Waals surface area contributed by atoms with E-state index in [0.717, 1.165) is 46.8 Å². The van der Waals surface area contributed by atoms with Crippen LogP contribution in [0.1, 0.15) is 85.5 Å². The maximum absolute atomic E-state index is 2.53. The smallest absolute Gasteiger partial charge is 0 e. The van der Waals surface area contributed by atoms with E-state index in [1.165, 1.54) is 32.1 Å². The molecule has 0 amide bonds. The topological polar surface area (TPSA) is 0 Å². The van der Waals surface area contributed by atoms with E-state index < -0.39 is 0 Å². The Morgan fingerprint density at radius 3 is 2.28 bits per heavy atom. The molecule has 0 saturated heterocycles. The van der Waals surface area contributed by atoms with Crippen molar-refractivity contribution < 1.29 is 17.1 Å². The van der Waals surface area contributed by atoms with Crippen molar-refractivity contribution >= 4 is 0 Å². The molecule has 0 aromatic rings. The van der Waals surface area contributed by atoms with Crippen molar-refractivity contribution in [3.63, 3.8) is 0 Å². The third-order valence-electron chi connectivity index (χ3n) is 10.2. The average molecular weight is 382 g/mol. The van der Waals surface area contributed by atoms with Gasteiger partial charge in [0.05, 0.1) is 0 Å². The van der Waals surface area contributed by atoms with E-state index in [9.17, 15) is 0 Å². The van der Waals surface area contributed by atoms with Crippen LogP contribution in [0.25, 0.3) is 0 Å². The van der Waals surface area contributed by atoms with Crippen LogP contribution in [0.3, 0.4) is 0 Å². The molecule has 0 aromatic carbocycles. The predicted octanol–water partition coefficient (Wildman–Crippen LogP) is 6.71. The second kappa shape index (κ2) is 6.27. The maximum Gasteiger partial charge on any atom is 0 e. The molecule has 0 heterocycles. The zero-order valence-corrected chi connectivity index (χ0v) is 17.9. The molecule has 4 bridgehead atoms. The molecule has 1 heteroatoms. The summed E-state index contributed by atoms with van der Waals surface area (Å²) in [5.41, 5.74) is 1.41. The maximum atomic E-state index is 2.53. The third kappa shape index (κ3) is 2.65. The van der Waals surface area contributed by atoms with Gasteiger partial charge in [-0.3, -0.25) is 0 Å². The van der Waals surface area contributed by atoms with E-state index >= 15 is 0 Å². The van der Waals surface area contributed by atoms with Gasteiger partial charge in [-0.1, -0.05) is 40.5 Å². The molecular formula is C24H38Fe. The molecule has 2 radical (unpaired) electrons. The monoisotopic (exact) mass is 382 g/mol. The zero-order chi connectivity index (χ0) is 16.7. The fourth-order valence-corrected chi connectivity index (χ4v) is 8.29. The molecule has 0 spiro atoms. The molecule has 0 N–H and O–H groups in total. The molecule has 0 nitrogen and oxygen atoms in total. The second-order valence-corrected chi connectivity index (χ2v) is 11.5. The Morgan fingerprint density at radius 2 is 1.56 bits per heavy atom. The molecule has 142 valence electrons. The molecule has 8 saturated carbocycles. The van der Waals surface area contributed by atoms with Crippen LogP contribution in [0.4, 0.5) is 0 Å². The summed E-state index contributed by atoms with van der Waals surface area (Å²) in [7, 11) is 0. The van der Waals surface area contributed by atoms with E-state index in [-0.39, 0.29) is 17.1 Å². The summed E-state index contributed by atoms with van der Waals surface area (Å²) >= 11 is 0. The van der Waals surface area contributed by atoms with Crippen molar-refractivity contribution in [2.75, 3.05) is 0 Å². The minimum atomic E-state index is 0. The van der Waals surface area contributed by atoms with Gasteiger partial charge in [0.25, 0.3) is 0 Å². The van der Waals surface area contributed by atoms with E-state index in [1.807, 2.05) is 5.92 Å². The first-order valence-corrected chi connectivity index (χ1v) is 11.1. The molecule has 8 aliphatic rings. The molecule has 8 rings (SSSR count). The minimum absolute atomic E-state index is 0. The van der Waals surface area contributed by atoms with Crippen LogP contribution in [-0.2, 0) is 17.1 Å². The largest absolute Gasteiger partial charge is 0.0594 e. The third-order valence-corrected chi connectivity index (χ3v) is 10.2. The second-order valence-electron chi connectivity index (χ2n) is 11.5. The van der Waals surface area contributed by atoms with Crippen LogP contribution >= 0.6 is 0 Å². The van der Waals surface area contributed by atoms with Gasteiger partial charge < -0.3 is 0 Å². The Hall–Kier alpha value is 0.519. The van der Waals surface area contributed by atoms with Crippen molar-refractivity contribution in [3.05, 3.63) is 12.3 Å². The van der Waals surface area contributed by atoms with E-state index in [1.54, 1.807) is 25.7 Å². The van der Waals surface area contributed by atoms with Gasteiger partial charge in [0.15, 0.2) is 0 Å². The van der Waals surface area contributed by atoms with Crippen molar-refractivity contribution in [1.29, 1.82) is 0 Å². The van der Waals surface area contributed by atoms with E-state index in [2.05, 4.69) is 34.1 Å². The first-order valence-electron chi connectivity index (χ1n) is 11.1. The van der Waals surface area contributed by atoms with Crippen LogP contribution in [0.2, 0.25) is 0 Å². The molecule has 8 aliphatic carbocycles. The first kappa shape index (κ1) is 18.9. The Bertz CT molecular complexity index is 460. The SMILES string of the molecule is CC1(C)C2CC3CCCC3C1C2.CC1(C)C2C[C]3[CH]CCC3C1C2.[Fe]. The summed E-state index contributed by atoms with van der Waals surface area (Å²) in [6.45, 7) is 10.0. The molecule has 7 unspecified atom stereocenters. The Labute approximate surface area is 167 Å². The summed E-state index contributed by atoms with van der Waals surface area (Å²) in [4.78, 5) is 0. The predicted molar refractivity (Wildman–Crippen MR) is 101 cm³/mol. The van der Waals surface area contributed by atoms with Crippen molar-refractivity contribution in [3.8, 4) is 0 Å². The van der Waals surface area contributed by atoms with Gasteiger partial charge in [0.2, 0.25) is 0 Å². The van der Waals surface area contributed by atoms with Crippen LogP contribution in [0.5, 0.6) is 0 Å². The number of rotatable bonds is 0. The van der Waals surface area contributed by atoms with E-state index in [4.69, 9.17) is 0 Å². The van der Waals surface area contributed by atoms with Crippen LogP contribution in [-0.4, -0.2) is 0 Å². The zero-order valence-electron chi connectivity index (χ0n) is 16.8. The molecule has 0 aliphatic heterocycles. The van der Waals surface area contributed by atoms with Gasteiger partial charge in [-0.05, 0) is 110 Å². The average Bonchev–Trinajstić information content (AvgIpc) is 3.22. The molecule has 0 aromatic heterocycles. The first-order chi connectivity index (χ1) is 11.4. The number of hydrogen-bond donors (Lipinski definition) is 0. The van der Waals surface area contributed by atoms with Gasteiger partial charge >= 0.3 is 0 Å². The standard InChI is InChI=1S/C12H20.C12H18.Fe/c2*1-12(2)9-6-8-4-3-5-10(8)11(12)7-9;/h8-11H,3-7H2,1-2H3;4,9-11H,3,5-7H2,1-2H3;. The van der Waals surface area contributed by atoms with Gasteiger partial charge in [-0.2, -0.15) is 0 Å². The molecule has 7 atom stereocenters. The fourth-order valence-electron chi connectivity index (χ4n) is 8.29. The van der Waals surface area contributed by atoms with Gasteiger partial charge in [0, 0.05) is 17.1 Å². The Kier molecular flexibility index (Phi) is 4.73. The van der Waals surface area contributed by atoms with Gasteiger partial charge in [-0.15, -0.1) is 0 Å². The Morgan fingerprint density at radius 1 is 0.840 bits per heavy atom. The van der Waals surface area contributed by atoms with Gasteiger partial charge in [-0.25, -0.2) is 0 Å². The molecular weight excluding hydrogens is 344 g/mol. The quantitative estimate of drug-likeness (QED) is 0.409. The summed E-state index contributed by atoms with van der Waals surface area (Å²) in [5, 5.41) is 0. The summed E-state index contributed by atoms with van der Waals surface area (Å²) in [6.07, 6.45) is 16.2. The van der Waals surface area contributed by atoms with E-state index in [0.29, 0.717) is 5.41 Å². The number of hydrogen-bond acceptors (Lipinski definition) is 0. The minimum Gasteiger partial charge on any atom is -0.0594 e. The normalized spacial score (nSPS) is 50.2.